The first-order valence-corrected chi connectivity index (χ1v) is 9.34. The second-order valence-corrected chi connectivity index (χ2v) is 7.68. The molecule has 0 radical (unpaired) electrons. The van der Waals surface area contributed by atoms with E-state index in [2.05, 4.69) is 5.32 Å². The Morgan fingerprint density at radius 1 is 1.24 bits per heavy atom. The van der Waals surface area contributed by atoms with E-state index in [1.54, 1.807) is 31.2 Å². The van der Waals surface area contributed by atoms with Crippen LogP contribution in [-0.2, 0) is 14.8 Å². The SMILES string of the molecule is CCS(=O)(=O)N1CC(C(=O)Nc2ccc(F)cc2)Oc2ccccc21. The minimum Gasteiger partial charge on any atom is -0.476 e. The van der Waals surface area contributed by atoms with Gasteiger partial charge in [-0.05, 0) is 43.3 Å². The highest BCUT2D eigenvalue weighted by Crippen LogP contribution is 2.35. The number of anilines is 2. The molecule has 1 atom stereocenters. The lowest BCUT2D eigenvalue weighted by atomic mass is 10.2. The zero-order valence-corrected chi connectivity index (χ0v) is 14.3. The standard InChI is InChI=1S/C17H17FN2O4S/c1-2-25(22,23)20-11-16(24-15-6-4-3-5-14(15)20)17(21)19-13-9-7-12(18)8-10-13/h3-10,16H,2,11H2,1H3,(H,19,21). The summed E-state index contributed by atoms with van der Waals surface area (Å²) in [5.41, 5.74) is 0.814. The normalized spacial score (nSPS) is 16.7. The van der Waals surface area contributed by atoms with E-state index in [1.165, 1.54) is 28.6 Å². The van der Waals surface area contributed by atoms with Gasteiger partial charge in [-0.1, -0.05) is 12.1 Å². The zero-order valence-electron chi connectivity index (χ0n) is 13.5. The van der Waals surface area contributed by atoms with Gasteiger partial charge in [0, 0.05) is 5.69 Å². The van der Waals surface area contributed by atoms with Crippen LogP contribution in [0.25, 0.3) is 0 Å². The van der Waals surface area contributed by atoms with Crippen molar-refractivity contribution in [1.82, 2.24) is 0 Å². The van der Waals surface area contributed by atoms with Crippen LogP contribution in [0.3, 0.4) is 0 Å². The van der Waals surface area contributed by atoms with Crippen LogP contribution in [0.4, 0.5) is 15.8 Å². The molecule has 0 aliphatic carbocycles. The van der Waals surface area contributed by atoms with Crippen molar-refractivity contribution in [2.24, 2.45) is 0 Å². The molecule has 2 aromatic carbocycles. The van der Waals surface area contributed by atoms with Gasteiger partial charge in [-0.3, -0.25) is 9.10 Å². The molecule has 1 unspecified atom stereocenters. The molecular formula is C17H17FN2O4S. The number of nitrogens with zero attached hydrogens (tertiary/aromatic N) is 1. The number of carbonyl (C=O) groups excluding carboxylic acids is 1. The topological polar surface area (TPSA) is 75.7 Å². The number of para-hydroxylation sites is 2. The predicted molar refractivity (Wildman–Crippen MR) is 92.7 cm³/mol. The molecule has 0 saturated heterocycles. The number of carbonyl (C=O) groups is 1. The second-order valence-electron chi connectivity index (χ2n) is 5.50. The minimum absolute atomic E-state index is 0.0896. The van der Waals surface area contributed by atoms with E-state index in [4.69, 9.17) is 4.74 Å². The maximum Gasteiger partial charge on any atom is 0.267 e. The summed E-state index contributed by atoms with van der Waals surface area (Å²) in [7, 11) is -3.56. The summed E-state index contributed by atoms with van der Waals surface area (Å²) in [6.45, 7) is 1.42. The first-order chi connectivity index (χ1) is 11.9. The quantitative estimate of drug-likeness (QED) is 0.904. The summed E-state index contributed by atoms with van der Waals surface area (Å²) < 4.78 is 44.6. The Morgan fingerprint density at radius 2 is 1.92 bits per heavy atom. The Morgan fingerprint density at radius 3 is 2.60 bits per heavy atom. The van der Waals surface area contributed by atoms with E-state index >= 15 is 0 Å². The van der Waals surface area contributed by atoms with Gasteiger partial charge in [0.15, 0.2) is 6.10 Å². The van der Waals surface area contributed by atoms with Crippen LogP contribution in [0.2, 0.25) is 0 Å². The van der Waals surface area contributed by atoms with Crippen LogP contribution < -0.4 is 14.4 Å². The number of amides is 1. The Balaban J connectivity index is 1.86. The maximum atomic E-state index is 13.0. The van der Waals surface area contributed by atoms with Crippen molar-refractivity contribution in [3.8, 4) is 5.75 Å². The minimum atomic E-state index is -3.56. The fourth-order valence-corrected chi connectivity index (χ4v) is 3.64. The highest BCUT2D eigenvalue weighted by molar-refractivity contribution is 7.92. The van der Waals surface area contributed by atoms with Crippen LogP contribution >= 0.6 is 0 Å². The fourth-order valence-electron chi connectivity index (χ4n) is 2.51. The van der Waals surface area contributed by atoms with Gasteiger partial charge in [-0.2, -0.15) is 0 Å². The lowest BCUT2D eigenvalue weighted by molar-refractivity contribution is -0.122. The first-order valence-electron chi connectivity index (χ1n) is 7.73. The third kappa shape index (κ3) is 3.58. The molecule has 0 bridgehead atoms. The van der Waals surface area contributed by atoms with Crippen LogP contribution in [0.15, 0.2) is 48.5 Å². The van der Waals surface area contributed by atoms with E-state index in [0.29, 0.717) is 17.1 Å². The average Bonchev–Trinajstić information content (AvgIpc) is 2.62. The molecule has 0 saturated carbocycles. The number of rotatable bonds is 4. The van der Waals surface area contributed by atoms with Gasteiger partial charge >= 0.3 is 0 Å². The van der Waals surface area contributed by atoms with Gasteiger partial charge in [-0.25, -0.2) is 12.8 Å². The van der Waals surface area contributed by atoms with E-state index in [0.717, 1.165) is 0 Å². The van der Waals surface area contributed by atoms with E-state index in [9.17, 15) is 17.6 Å². The van der Waals surface area contributed by atoms with Gasteiger partial charge < -0.3 is 10.1 Å². The van der Waals surface area contributed by atoms with E-state index < -0.39 is 27.9 Å². The summed E-state index contributed by atoms with van der Waals surface area (Å²) >= 11 is 0. The highest BCUT2D eigenvalue weighted by Gasteiger charge is 2.35. The number of sulfonamides is 1. The zero-order chi connectivity index (χ0) is 18.0. The predicted octanol–water partition coefficient (Wildman–Crippen LogP) is 2.38. The van der Waals surface area contributed by atoms with Crippen LogP contribution in [-0.4, -0.2) is 32.7 Å². The summed E-state index contributed by atoms with van der Waals surface area (Å²) in [5, 5.41) is 2.61. The van der Waals surface area contributed by atoms with Crippen molar-refractivity contribution < 1.29 is 22.3 Å². The van der Waals surface area contributed by atoms with Crippen LogP contribution in [0.1, 0.15) is 6.92 Å². The van der Waals surface area contributed by atoms with Crippen LogP contribution in [0.5, 0.6) is 5.75 Å². The largest absolute Gasteiger partial charge is 0.476 e. The average molecular weight is 364 g/mol. The number of hydrogen-bond donors (Lipinski definition) is 1. The Hall–Kier alpha value is -2.61. The number of hydrogen-bond acceptors (Lipinski definition) is 4. The molecule has 1 amide bonds. The van der Waals surface area contributed by atoms with Crippen molar-refractivity contribution in [2.75, 3.05) is 21.9 Å². The molecule has 0 spiro atoms. The Labute approximate surface area is 145 Å². The third-order valence-corrected chi connectivity index (χ3v) is 5.59. The molecule has 1 heterocycles. The molecular weight excluding hydrogens is 347 g/mol. The molecule has 6 nitrogen and oxygen atoms in total. The van der Waals surface area contributed by atoms with E-state index in [1.807, 2.05) is 0 Å². The summed E-state index contributed by atoms with van der Waals surface area (Å²) in [5.74, 6) is -0.684. The molecule has 0 aromatic heterocycles. The Kier molecular flexibility index (Phi) is 4.63. The van der Waals surface area contributed by atoms with Gasteiger partial charge in [0.25, 0.3) is 5.91 Å². The molecule has 2 aromatic rings. The lowest BCUT2D eigenvalue weighted by Gasteiger charge is -2.34. The molecule has 1 aliphatic heterocycles. The summed E-state index contributed by atoms with van der Waals surface area (Å²) in [4.78, 5) is 12.5. The molecule has 8 heteroatoms. The number of nitrogens with one attached hydrogen (secondary N) is 1. The molecule has 0 fully saturated rings. The smallest absolute Gasteiger partial charge is 0.267 e. The molecule has 25 heavy (non-hydrogen) atoms. The monoisotopic (exact) mass is 364 g/mol. The van der Waals surface area contributed by atoms with Gasteiger partial charge in [0.05, 0.1) is 18.0 Å². The second kappa shape index (κ2) is 6.72. The fraction of sp³-hybridized carbons (Fsp3) is 0.235. The maximum absolute atomic E-state index is 13.0. The number of halogens is 1. The van der Waals surface area contributed by atoms with Crippen molar-refractivity contribution in [3.05, 3.63) is 54.3 Å². The molecule has 3 rings (SSSR count). The van der Waals surface area contributed by atoms with Gasteiger partial charge in [0.2, 0.25) is 10.0 Å². The van der Waals surface area contributed by atoms with E-state index in [-0.39, 0.29) is 12.3 Å². The first kappa shape index (κ1) is 17.2. The van der Waals surface area contributed by atoms with Crippen LogP contribution in [0, 0.1) is 5.82 Å². The van der Waals surface area contributed by atoms with Crippen molar-refractivity contribution in [3.63, 3.8) is 0 Å². The highest BCUT2D eigenvalue weighted by atomic mass is 32.2. The molecule has 1 N–H and O–H groups in total. The van der Waals surface area contributed by atoms with Crippen molar-refractivity contribution in [2.45, 2.75) is 13.0 Å². The number of fused-ring (bicyclic) bond motifs is 1. The summed E-state index contributed by atoms with van der Waals surface area (Å²) in [6.07, 6.45) is -1.01. The van der Waals surface area contributed by atoms with Gasteiger partial charge in [-0.15, -0.1) is 0 Å². The van der Waals surface area contributed by atoms with Crippen molar-refractivity contribution in [1.29, 1.82) is 0 Å². The third-order valence-electron chi connectivity index (χ3n) is 3.84. The van der Waals surface area contributed by atoms with Crippen molar-refractivity contribution >= 4 is 27.3 Å². The molecule has 1 aliphatic rings. The summed E-state index contributed by atoms with van der Waals surface area (Å²) in [6, 6.07) is 12.0. The lowest BCUT2D eigenvalue weighted by Crippen LogP contribution is -2.49. The molecule has 132 valence electrons. The number of benzene rings is 2. The Bertz CT molecular complexity index is 884. The van der Waals surface area contributed by atoms with Gasteiger partial charge in [0.1, 0.15) is 11.6 Å². The number of ether oxygens (including phenoxy) is 1.